The van der Waals surface area contributed by atoms with Crippen molar-refractivity contribution in [1.29, 1.82) is 0 Å². The van der Waals surface area contributed by atoms with E-state index in [1.54, 1.807) is 19.1 Å². The van der Waals surface area contributed by atoms with Crippen molar-refractivity contribution in [3.63, 3.8) is 0 Å². The van der Waals surface area contributed by atoms with Gasteiger partial charge in [0.2, 0.25) is 0 Å². The fourth-order valence-electron chi connectivity index (χ4n) is 1.48. The number of hydrogen-bond donors (Lipinski definition) is 0. The van der Waals surface area contributed by atoms with Crippen LogP contribution in [0.2, 0.25) is 0 Å². The van der Waals surface area contributed by atoms with Crippen molar-refractivity contribution in [2.24, 2.45) is 0 Å². The zero-order chi connectivity index (χ0) is 12.8. The molecule has 0 fully saturated rings. The SMILES string of the molecule is COC(=O)c1cc(CCC(C)=O)cc(OC)c1. The van der Waals surface area contributed by atoms with Gasteiger partial charge in [-0.15, -0.1) is 0 Å². The molecule has 0 aliphatic rings. The summed E-state index contributed by atoms with van der Waals surface area (Å²) in [6, 6.07) is 5.15. The van der Waals surface area contributed by atoms with Gasteiger partial charge in [-0.05, 0) is 37.1 Å². The fraction of sp³-hybridized carbons (Fsp3) is 0.385. The lowest BCUT2D eigenvalue weighted by Gasteiger charge is -2.07. The summed E-state index contributed by atoms with van der Waals surface area (Å²) in [5, 5.41) is 0. The first-order valence-electron chi connectivity index (χ1n) is 5.32. The Kier molecular flexibility index (Phi) is 4.69. The molecule has 0 saturated heterocycles. The van der Waals surface area contributed by atoms with E-state index in [-0.39, 0.29) is 5.78 Å². The van der Waals surface area contributed by atoms with E-state index in [0.29, 0.717) is 24.2 Å². The summed E-state index contributed by atoms with van der Waals surface area (Å²) in [4.78, 5) is 22.4. The highest BCUT2D eigenvalue weighted by Gasteiger charge is 2.09. The Bertz CT molecular complexity index is 423. The van der Waals surface area contributed by atoms with Crippen LogP contribution >= 0.6 is 0 Å². The predicted molar refractivity (Wildman–Crippen MR) is 63.3 cm³/mol. The molecule has 0 spiro atoms. The van der Waals surface area contributed by atoms with E-state index in [1.165, 1.54) is 14.2 Å². The third-order valence-electron chi connectivity index (χ3n) is 2.39. The van der Waals surface area contributed by atoms with Gasteiger partial charge in [0.15, 0.2) is 0 Å². The second-order valence-electron chi connectivity index (χ2n) is 3.76. The summed E-state index contributed by atoms with van der Waals surface area (Å²) < 4.78 is 9.76. The van der Waals surface area contributed by atoms with Crippen molar-refractivity contribution in [3.05, 3.63) is 29.3 Å². The standard InChI is InChI=1S/C13H16O4/c1-9(14)4-5-10-6-11(13(15)17-3)8-12(7-10)16-2/h6-8H,4-5H2,1-3H3. The molecule has 0 aliphatic heterocycles. The Labute approximate surface area is 101 Å². The van der Waals surface area contributed by atoms with E-state index >= 15 is 0 Å². The number of aryl methyl sites for hydroxylation is 1. The normalized spacial score (nSPS) is 9.82. The summed E-state index contributed by atoms with van der Waals surface area (Å²) in [6.45, 7) is 1.54. The van der Waals surface area contributed by atoms with Gasteiger partial charge in [-0.2, -0.15) is 0 Å². The van der Waals surface area contributed by atoms with E-state index in [2.05, 4.69) is 4.74 Å². The molecule has 0 radical (unpaired) electrons. The molecule has 0 saturated carbocycles. The molecule has 1 rings (SSSR count). The van der Waals surface area contributed by atoms with Crippen LogP contribution < -0.4 is 4.74 Å². The van der Waals surface area contributed by atoms with Gasteiger partial charge < -0.3 is 14.3 Å². The molecule has 0 N–H and O–H groups in total. The number of hydrogen-bond acceptors (Lipinski definition) is 4. The van der Waals surface area contributed by atoms with Crippen LogP contribution in [0.1, 0.15) is 29.3 Å². The molecule has 0 aromatic heterocycles. The molecule has 0 aliphatic carbocycles. The van der Waals surface area contributed by atoms with Crippen LogP contribution in [0.4, 0.5) is 0 Å². The molecular weight excluding hydrogens is 220 g/mol. The summed E-state index contributed by atoms with van der Waals surface area (Å²) >= 11 is 0. The van der Waals surface area contributed by atoms with Crippen molar-refractivity contribution in [2.45, 2.75) is 19.8 Å². The van der Waals surface area contributed by atoms with Crippen molar-refractivity contribution in [1.82, 2.24) is 0 Å². The Morgan fingerprint density at radius 3 is 2.41 bits per heavy atom. The third-order valence-corrected chi connectivity index (χ3v) is 2.39. The Balaban J connectivity index is 2.96. The average molecular weight is 236 g/mol. The molecule has 1 aromatic rings. The highest BCUT2D eigenvalue weighted by molar-refractivity contribution is 5.90. The number of benzene rings is 1. The molecule has 0 heterocycles. The predicted octanol–water partition coefficient (Wildman–Crippen LogP) is 2.00. The largest absolute Gasteiger partial charge is 0.497 e. The Morgan fingerprint density at radius 1 is 1.18 bits per heavy atom. The molecule has 4 heteroatoms. The third kappa shape index (κ3) is 3.90. The lowest BCUT2D eigenvalue weighted by Crippen LogP contribution is -2.03. The van der Waals surface area contributed by atoms with Crippen LogP contribution in [0.25, 0.3) is 0 Å². The monoisotopic (exact) mass is 236 g/mol. The zero-order valence-corrected chi connectivity index (χ0v) is 10.3. The van der Waals surface area contributed by atoms with Gasteiger partial charge in [-0.1, -0.05) is 0 Å². The van der Waals surface area contributed by atoms with Crippen molar-refractivity contribution < 1.29 is 19.1 Å². The quantitative estimate of drug-likeness (QED) is 0.734. The second kappa shape index (κ2) is 6.03. The number of carbonyl (C=O) groups excluding carboxylic acids is 2. The van der Waals surface area contributed by atoms with Crippen LogP contribution in [0.3, 0.4) is 0 Å². The maximum Gasteiger partial charge on any atom is 0.337 e. The first kappa shape index (κ1) is 13.2. The number of methoxy groups -OCH3 is 2. The number of ketones is 1. The lowest BCUT2D eigenvalue weighted by molar-refractivity contribution is -0.116. The topological polar surface area (TPSA) is 52.6 Å². The van der Waals surface area contributed by atoms with Crippen LogP contribution in [0.5, 0.6) is 5.75 Å². The van der Waals surface area contributed by atoms with Gasteiger partial charge in [-0.3, -0.25) is 0 Å². The van der Waals surface area contributed by atoms with Crippen LogP contribution in [-0.2, 0) is 16.0 Å². The van der Waals surface area contributed by atoms with Gasteiger partial charge in [-0.25, -0.2) is 4.79 Å². The fourth-order valence-corrected chi connectivity index (χ4v) is 1.48. The number of Topliss-reactive ketones (excluding diaryl/α,β-unsaturated/α-hetero) is 1. The van der Waals surface area contributed by atoms with Crippen LogP contribution in [0, 0.1) is 0 Å². The first-order valence-corrected chi connectivity index (χ1v) is 5.32. The molecule has 0 atom stereocenters. The summed E-state index contributed by atoms with van der Waals surface area (Å²) in [7, 11) is 2.86. The minimum Gasteiger partial charge on any atom is -0.497 e. The number of rotatable bonds is 5. The van der Waals surface area contributed by atoms with Gasteiger partial charge in [0.1, 0.15) is 11.5 Å². The molecular formula is C13H16O4. The van der Waals surface area contributed by atoms with Gasteiger partial charge in [0.25, 0.3) is 0 Å². The molecule has 0 bridgehead atoms. The highest BCUT2D eigenvalue weighted by Crippen LogP contribution is 2.19. The minimum absolute atomic E-state index is 0.118. The molecule has 0 unspecified atom stereocenters. The van der Waals surface area contributed by atoms with E-state index in [0.717, 1.165) is 5.56 Å². The molecule has 17 heavy (non-hydrogen) atoms. The van der Waals surface area contributed by atoms with Crippen molar-refractivity contribution in [2.75, 3.05) is 14.2 Å². The molecule has 0 amide bonds. The van der Waals surface area contributed by atoms with E-state index in [1.807, 2.05) is 6.07 Å². The second-order valence-corrected chi connectivity index (χ2v) is 3.76. The molecule has 92 valence electrons. The zero-order valence-electron chi connectivity index (χ0n) is 10.3. The van der Waals surface area contributed by atoms with Gasteiger partial charge in [0.05, 0.1) is 19.8 Å². The highest BCUT2D eigenvalue weighted by atomic mass is 16.5. The van der Waals surface area contributed by atoms with Crippen LogP contribution in [0.15, 0.2) is 18.2 Å². The minimum atomic E-state index is -0.409. The van der Waals surface area contributed by atoms with Crippen molar-refractivity contribution >= 4 is 11.8 Å². The van der Waals surface area contributed by atoms with E-state index in [9.17, 15) is 9.59 Å². The summed E-state index contributed by atoms with van der Waals surface area (Å²) in [5.41, 5.74) is 1.32. The average Bonchev–Trinajstić information content (AvgIpc) is 2.34. The van der Waals surface area contributed by atoms with Crippen molar-refractivity contribution in [3.8, 4) is 5.75 Å². The van der Waals surface area contributed by atoms with E-state index in [4.69, 9.17) is 4.74 Å². The Morgan fingerprint density at radius 2 is 1.88 bits per heavy atom. The Hall–Kier alpha value is -1.84. The maximum atomic E-state index is 11.4. The number of esters is 1. The summed E-state index contributed by atoms with van der Waals surface area (Å²) in [6.07, 6.45) is 1.05. The van der Waals surface area contributed by atoms with Gasteiger partial charge in [0, 0.05) is 6.42 Å². The number of carbonyl (C=O) groups is 2. The first-order chi connectivity index (χ1) is 8.06. The molecule has 4 nitrogen and oxygen atoms in total. The van der Waals surface area contributed by atoms with E-state index < -0.39 is 5.97 Å². The van der Waals surface area contributed by atoms with Gasteiger partial charge >= 0.3 is 5.97 Å². The van der Waals surface area contributed by atoms with Crippen LogP contribution in [-0.4, -0.2) is 26.0 Å². The maximum absolute atomic E-state index is 11.4. The molecule has 1 aromatic carbocycles. The lowest BCUT2D eigenvalue weighted by atomic mass is 10.0. The number of ether oxygens (including phenoxy) is 2. The summed E-state index contributed by atoms with van der Waals surface area (Å²) in [5.74, 6) is 0.298. The smallest absolute Gasteiger partial charge is 0.337 e.